The van der Waals surface area contributed by atoms with Gasteiger partial charge < -0.3 is 30.3 Å². The molecule has 3 N–H and O–H groups in total. The van der Waals surface area contributed by atoms with E-state index in [0.29, 0.717) is 12.6 Å². The third-order valence-electron chi connectivity index (χ3n) is 6.87. The molecular formula is C28H32N8O2. The summed E-state index contributed by atoms with van der Waals surface area (Å²) in [6.07, 6.45) is 5.34. The van der Waals surface area contributed by atoms with Crippen LogP contribution in [-0.4, -0.2) is 78.0 Å². The van der Waals surface area contributed by atoms with Gasteiger partial charge in [-0.3, -0.25) is 4.98 Å². The molecule has 0 amide bonds. The molecule has 5 heterocycles. The minimum atomic E-state index is -0.0877. The average molecular weight is 513 g/mol. The Bertz CT molecular complexity index is 1370. The van der Waals surface area contributed by atoms with Crippen molar-refractivity contribution in [2.75, 3.05) is 56.1 Å². The molecule has 2 unspecified atom stereocenters. The Labute approximate surface area is 221 Å². The first-order valence-corrected chi connectivity index (χ1v) is 13.1. The summed E-state index contributed by atoms with van der Waals surface area (Å²) in [7, 11) is 0. The van der Waals surface area contributed by atoms with E-state index < -0.39 is 0 Å². The molecule has 0 spiro atoms. The Hall–Kier alpha value is -3.86. The Morgan fingerprint density at radius 3 is 2.76 bits per heavy atom. The molecule has 2 atom stereocenters. The highest BCUT2D eigenvalue weighted by atomic mass is 16.5. The molecule has 3 aromatic heterocycles. The minimum Gasteiger partial charge on any atom is -0.488 e. The average Bonchev–Trinajstić information content (AvgIpc) is 2.98. The van der Waals surface area contributed by atoms with Gasteiger partial charge in [-0.15, -0.1) is 0 Å². The van der Waals surface area contributed by atoms with E-state index >= 15 is 0 Å². The van der Waals surface area contributed by atoms with Gasteiger partial charge in [-0.1, -0.05) is 18.2 Å². The summed E-state index contributed by atoms with van der Waals surface area (Å²) >= 11 is 0. The van der Waals surface area contributed by atoms with Crippen LogP contribution in [0.25, 0.3) is 22.2 Å². The molecule has 2 fully saturated rings. The first kappa shape index (κ1) is 24.5. The summed E-state index contributed by atoms with van der Waals surface area (Å²) in [5.74, 6) is 2.23. The third kappa shape index (κ3) is 5.52. The molecule has 10 heteroatoms. The Morgan fingerprint density at radius 1 is 1.03 bits per heavy atom. The number of hydrogen-bond donors (Lipinski definition) is 3. The quantitative estimate of drug-likeness (QED) is 0.342. The number of morpholine rings is 1. The number of piperazine rings is 1. The molecule has 38 heavy (non-hydrogen) atoms. The number of pyridine rings is 2. The minimum absolute atomic E-state index is 0.0136. The number of hydrogen-bond acceptors (Lipinski definition) is 10. The second-order valence-corrected chi connectivity index (χ2v) is 9.52. The molecule has 2 saturated heterocycles. The number of nitrogens with zero attached hydrogens (tertiary/aromatic N) is 5. The van der Waals surface area contributed by atoms with Gasteiger partial charge in [-0.25, -0.2) is 15.0 Å². The van der Waals surface area contributed by atoms with Gasteiger partial charge in [0.2, 0.25) is 5.95 Å². The van der Waals surface area contributed by atoms with E-state index in [2.05, 4.69) is 35.8 Å². The third-order valence-corrected chi connectivity index (χ3v) is 6.87. The van der Waals surface area contributed by atoms with Crippen molar-refractivity contribution in [3.63, 3.8) is 0 Å². The first-order valence-electron chi connectivity index (χ1n) is 13.1. The maximum atomic E-state index is 6.22. The van der Waals surface area contributed by atoms with Crippen LogP contribution in [0.15, 0.2) is 61.1 Å². The lowest BCUT2D eigenvalue weighted by Gasteiger charge is -2.29. The van der Waals surface area contributed by atoms with Crippen molar-refractivity contribution >= 4 is 28.4 Å². The standard InChI is InChI=1S/C28H32N8O2/c1-19(25-18-30-11-14-37-25)38-22-7-8-31-24(15-22)23-4-2-3-20-16-33-28(35-27(20)23)34-21-5-6-26(32-17-21)36-12-9-29-10-13-36/h2-8,15-17,19,25,29-30H,9-14,18H2,1H3,(H,33,34,35). The van der Waals surface area contributed by atoms with E-state index in [1.165, 1.54) is 0 Å². The Kier molecular flexibility index (Phi) is 7.25. The van der Waals surface area contributed by atoms with Crippen LogP contribution in [0.2, 0.25) is 0 Å². The fourth-order valence-electron chi connectivity index (χ4n) is 4.80. The van der Waals surface area contributed by atoms with Crippen LogP contribution < -0.4 is 25.6 Å². The second-order valence-electron chi connectivity index (χ2n) is 9.52. The molecule has 0 bridgehead atoms. The van der Waals surface area contributed by atoms with E-state index in [1.807, 2.05) is 61.8 Å². The molecule has 10 nitrogen and oxygen atoms in total. The normalized spacial score (nSPS) is 18.8. The maximum Gasteiger partial charge on any atom is 0.227 e. The van der Waals surface area contributed by atoms with E-state index in [1.54, 1.807) is 6.20 Å². The largest absolute Gasteiger partial charge is 0.488 e. The zero-order valence-corrected chi connectivity index (χ0v) is 21.4. The maximum absolute atomic E-state index is 6.22. The molecule has 1 aromatic carbocycles. The number of benzene rings is 1. The highest BCUT2D eigenvalue weighted by Crippen LogP contribution is 2.29. The zero-order chi connectivity index (χ0) is 25.7. The Balaban J connectivity index is 1.22. The van der Waals surface area contributed by atoms with Gasteiger partial charge in [0.05, 0.1) is 29.7 Å². The summed E-state index contributed by atoms with van der Waals surface area (Å²) < 4.78 is 12.1. The number of fused-ring (bicyclic) bond motifs is 1. The SMILES string of the molecule is CC(Oc1ccnc(-c2cccc3cnc(Nc4ccc(N5CCNCC5)nc4)nc23)c1)C1CNCCO1. The fourth-order valence-corrected chi connectivity index (χ4v) is 4.80. The molecule has 6 rings (SSSR count). The van der Waals surface area contributed by atoms with Crippen molar-refractivity contribution in [2.24, 2.45) is 0 Å². The summed E-state index contributed by atoms with van der Waals surface area (Å²) in [4.78, 5) is 20.9. The number of ether oxygens (including phenoxy) is 2. The number of rotatable bonds is 7. The van der Waals surface area contributed by atoms with Gasteiger partial charge >= 0.3 is 0 Å². The van der Waals surface area contributed by atoms with Gasteiger partial charge in [-0.05, 0) is 25.1 Å². The molecule has 0 radical (unpaired) electrons. The molecule has 0 saturated carbocycles. The molecule has 2 aliphatic heterocycles. The van der Waals surface area contributed by atoms with Crippen molar-refractivity contribution in [3.8, 4) is 17.0 Å². The molecule has 196 valence electrons. The highest BCUT2D eigenvalue weighted by Gasteiger charge is 2.22. The van der Waals surface area contributed by atoms with Crippen molar-refractivity contribution in [3.05, 3.63) is 61.1 Å². The predicted molar refractivity (Wildman–Crippen MR) is 148 cm³/mol. The lowest BCUT2D eigenvalue weighted by Crippen LogP contribution is -2.46. The number of aromatic nitrogens is 4. The van der Waals surface area contributed by atoms with E-state index in [9.17, 15) is 0 Å². The van der Waals surface area contributed by atoms with Crippen LogP contribution >= 0.6 is 0 Å². The van der Waals surface area contributed by atoms with Crippen LogP contribution in [0, 0.1) is 0 Å². The van der Waals surface area contributed by atoms with Crippen LogP contribution in [0.5, 0.6) is 5.75 Å². The number of para-hydroxylation sites is 1. The van der Waals surface area contributed by atoms with E-state index in [-0.39, 0.29) is 12.2 Å². The summed E-state index contributed by atoms with van der Waals surface area (Å²) in [6.45, 7) is 8.26. The molecule has 4 aromatic rings. The smallest absolute Gasteiger partial charge is 0.227 e. The highest BCUT2D eigenvalue weighted by molar-refractivity contribution is 5.93. The van der Waals surface area contributed by atoms with Crippen LogP contribution in [0.3, 0.4) is 0 Å². The lowest BCUT2D eigenvalue weighted by atomic mass is 10.1. The van der Waals surface area contributed by atoms with Crippen molar-refractivity contribution in [2.45, 2.75) is 19.1 Å². The van der Waals surface area contributed by atoms with Crippen molar-refractivity contribution in [1.82, 2.24) is 30.6 Å². The topological polar surface area (TPSA) is 109 Å². The Morgan fingerprint density at radius 2 is 1.95 bits per heavy atom. The van der Waals surface area contributed by atoms with E-state index in [0.717, 1.165) is 78.7 Å². The van der Waals surface area contributed by atoms with Crippen molar-refractivity contribution in [1.29, 1.82) is 0 Å². The fraction of sp³-hybridized carbons (Fsp3) is 0.357. The van der Waals surface area contributed by atoms with Crippen LogP contribution in [0.1, 0.15) is 6.92 Å². The van der Waals surface area contributed by atoms with Gasteiger partial charge in [0.1, 0.15) is 23.8 Å². The van der Waals surface area contributed by atoms with Gasteiger partial charge in [0.15, 0.2) is 0 Å². The second kappa shape index (κ2) is 11.3. The van der Waals surface area contributed by atoms with Crippen LogP contribution in [-0.2, 0) is 4.74 Å². The summed E-state index contributed by atoms with van der Waals surface area (Å²) in [5.41, 5.74) is 3.35. The van der Waals surface area contributed by atoms with E-state index in [4.69, 9.17) is 14.5 Å². The number of nitrogens with one attached hydrogen (secondary N) is 3. The zero-order valence-electron chi connectivity index (χ0n) is 21.4. The van der Waals surface area contributed by atoms with Gasteiger partial charge in [-0.2, -0.15) is 0 Å². The summed E-state index contributed by atoms with van der Waals surface area (Å²) in [6, 6.07) is 13.9. The molecule has 0 aliphatic carbocycles. The van der Waals surface area contributed by atoms with Gasteiger partial charge in [0.25, 0.3) is 0 Å². The van der Waals surface area contributed by atoms with Crippen molar-refractivity contribution < 1.29 is 9.47 Å². The lowest BCUT2D eigenvalue weighted by molar-refractivity contribution is -0.0350. The predicted octanol–water partition coefficient (Wildman–Crippen LogP) is 3.00. The molecular weight excluding hydrogens is 480 g/mol. The monoisotopic (exact) mass is 512 g/mol. The number of anilines is 3. The molecule has 2 aliphatic rings. The van der Waals surface area contributed by atoms with Crippen LogP contribution in [0.4, 0.5) is 17.5 Å². The summed E-state index contributed by atoms with van der Waals surface area (Å²) in [5, 5.41) is 11.0. The first-order chi connectivity index (χ1) is 18.7. The van der Waals surface area contributed by atoms with Gasteiger partial charge in [0, 0.05) is 68.7 Å².